The van der Waals surface area contributed by atoms with Gasteiger partial charge in [0.2, 0.25) is 5.96 Å². The predicted molar refractivity (Wildman–Crippen MR) is 164 cm³/mol. The lowest BCUT2D eigenvalue weighted by atomic mass is 9.94. The zero-order valence-corrected chi connectivity index (χ0v) is 25.4. The van der Waals surface area contributed by atoms with E-state index in [2.05, 4.69) is 9.84 Å². The summed E-state index contributed by atoms with van der Waals surface area (Å²) in [6.07, 6.45) is 1.84. The van der Waals surface area contributed by atoms with Gasteiger partial charge in [-0.15, -0.1) is 5.10 Å². The molecule has 1 unspecified atom stereocenters. The van der Waals surface area contributed by atoms with Gasteiger partial charge in [-0.3, -0.25) is 0 Å². The minimum atomic E-state index is -4.71. The highest BCUT2D eigenvalue weighted by atomic mass is 19.4. The molecule has 13 heteroatoms. The summed E-state index contributed by atoms with van der Waals surface area (Å²) in [5.41, 5.74) is 8.22. The maximum absolute atomic E-state index is 14.3. The highest BCUT2D eigenvalue weighted by Gasteiger charge is 2.32. The first kappa shape index (κ1) is 34.8. The second kappa shape index (κ2) is 15.4. The number of carbonyl (C=O) groups is 1. The van der Waals surface area contributed by atoms with Gasteiger partial charge in [0.25, 0.3) is 0 Å². The van der Waals surface area contributed by atoms with Gasteiger partial charge in [0.15, 0.2) is 0 Å². The lowest BCUT2D eigenvalue weighted by Crippen LogP contribution is -2.40. The first-order valence-corrected chi connectivity index (χ1v) is 13.8. The number of hydrogen-bond acceptors (Lipinski definition) is 6. The van der Waals surface area contributed by atoms with E-state index in [9.17, 15) is 26.7 Å². The van der Waals surface area contributed by atoms with Crippen molar-refractivity contribution in [1.82, 2.24) is 10.0 Å². The van der Waals surface area contributed by atoms with Gasteiger partial charge in [0.05, 0.1) is 19.8 Å². The Morgan fingerprint density at radius 1 is 1.13 bits per heavy atom. The minimum absolute atomic E-state index is 0.00937. The van der Waals surface area contributed by atoms with Crippen LogP contribution in [0.3, 0.4) is 0 Å². The number of nitrogens with zero attached hydrogens (tertiary/aromatic N) is 3. The van der Waals surface area contributed by atoms with Crippen LogP contribution >= 0.6 is 0 Å². The zero-order chi connectivity index (χ0) is 33.3. The molecule has 8 nitrogen and oxygen atoms in total. The molecule has 0 saturated carbocycles. The van der Waals surface area contributed by atoms with Gasteiger partial charge < -0.3 is 20.1 Å². The zero-order valence-electron chi connectivity index (χ0n) is 25.4. The summed E-state index contributed by atoms with van der Waals surface area (Å²) in [5.74, 6) is 5.50. The van der Waals surface area contributed by atoms with Crippen molar-refractivity contribution in [3.05, 3.63) is 99.7 Å². The van der Waals surface area contributed by atoms with Gasteiger partial charge in [-0.1, -0.05) is 30.4 Å². The van der Waals surface area contributed by atoms with E-state index >= 15 is 0 Å². The van der Waals surface area contributed by atoms with E-state index in [4.69, 9.17) is 16.3 Å². The molecule has 4 N–H and O–H groups in total. The Bertz CT molecular complexity index is 1530. The van der Waals surface area contributed by atoms with Crippen molar-refractivity contribution >= 4 is 23.6 Å². The first-order chi connectivity index (χ1) is 21.2. The van der Waals surface area contributed by atoms with Crippen LogP contribution in [0.1, 0.15) is 47.3 Å². The predicted octanol–water partition coefficient (Wildman–Crippen LogP) is 6.08. The van der Waals surface area contributed by atoms with E-state index in [1.54, 1.807) is 42.5 Å². The average molecular weight is 634 g/mol. The molecule has 0 amide bonds. The number of halogens is 5. The van der Waals surface area contributed by atoms with Crippen molar-refractivity contribution in [1.29, 1.82) is 0 Å². The smallest absolute Gasteiger partial charge is 0.416 e. The Hall–Kier alpha value is -4.65. The molecule has 45 heavy (non-hydrogen) atoms. The lowest BCUT2D eigenvalue weighted by Gasteiger charge is -2.28. The average Bonchev–Trinajstić information content (AvgIpc) is 3.20. The molecule has 0 spiro atoms. The quantitative estimate of drug-likeness (QED) is 0.0588. The summed E-state index contributed by atoms with van der Waals surface area (Å²) < 4.78 is 79.5. The van der Waals surface area contributed by atoms with Crippen molar-refractivity contribution in [3.63, 3.8) is 0 Å². The largest absolute Gasteiger partial charge is 0.496 e. The summed E-state index contributed by atoms with van der Waals surface area (Å²) in [6.45, 7) is 0.248. The number of esters is 1. The molecule has 0 heterocycles. The summed E-state index contributed by atoms with van der Waals surface area (Å²) in [5, 5.41) is 5.00. The number of ether oxygens (including phenoxy) is 2. The van der Waals surface area contributed by atoms with Gasteiger partial charge >= 0.3 is 12.1 Å². The normalized spacial score (nSPS) is 14.7. The number of alkyl halides is 5. The molecule has 1 aliphatic rings. The number of guanidine groups is 1. The van der Waals surface area contributed by atoms with E-state index in [0.29, 0.717) is 33.6 Å². The Morgan fingerprint density at radius 3 is 2.47 bits per heavy atom. The monoisotopic (exact) mass is 633 g/mol. The van der Waals surface area contributed by atoms with Gasteiger partial charge in [-0.2, -0.15) is 13.2 Å². The topological polar surface area (TPSA) is 106 Å². The molecule has 0 saturated heterocycles. The fraction of sp³-hybridized carbons (Fsp3) is 0.312. The Morgan fingerprint density at radius 2 is 1.87 bits per heavy atom. The highest BCUT2D eigenvalue weighted by Crippen LogP contribution is 2.36. The molecule has 2 aromatic carbocycles. The molecule has 3 rings (SSSR count). The Balaban J connectivity index is 2.14. The molecular weight excluding hydrogens is 597 g/mol. The SMILES string of the molecule is COC(=O)/C=C/c1ccc(OC)c(C2=CC=C(CF)CC=C2CN(Cc2cc(C(C)F)cc(C(F)(F)F)c2)/C(N)=N/N(C)N)c1. The third-order valence-electron chi connectivity index (χ3n) is 6.86. The number of methoxy groups -OCH3 is 2. The number of benzene rings is 2. The van der Waals surface area contributed by atoms with E-state index in [-0.39, 0.29) is 36.6 Å². The number of hydrazine groups is 1. The van der Waals surface area contributed by atoms with Crippen molar-refractivity contribution in [3.8, 4) is 5.75 Å². The molecule has 242 valence electrons. The number of nitrogens with two attached hydrogens (primary N) is 2. The summed E-state index contributed by atoms with van der Waals surface area (Å²) in [7, 11) is 4.16. The molecular formula is C32H36F5N5O3. The highest BCUT2D eigenvalue weighted by molar-refractivity contribution is 5.89. The van der Waals surface area contributed by atoms with E-state index in [1.165, 1.54) is 38.3 Å². The van der Waals surface area contributed by atoms with E-state index in [0.717, 1.165) is 24.2 Å². The standard InChI is InChI=1S/C32H36F5N5O3/c1-20(34)25-13-23(14-26(16-25)32(35,36)37)18-42(31(38)40-41(2)39)19-24-9-5-22(17-33)6-10-27(24)28-15-21(7-11-29(28)44-3)8-12-30(43)45-4/h6-16,20H,5,17-19,39H2,1-4H3,(H2,38,40)/b12-8+. The molecule has 0 fully saturated rings. The lowest BCUT2D eigenvalue weighted by molar-refractivity contribution is -0.138. The van der Waals surface area contributed by atoms with Crippen molar-refractivity contribution in [2.45, 2.75) is 32.2 Å². The first-order valence-electron chi connectivity index (χ1n) is 13.8. The maximum atomic E-state index is 14.3. The molecule has 0 aromatic heterocycles. The second-order valence-electron chi connectivity index (χ2n) is 10.3. The van der Waals surface area contributed by atoms with Crippen molar-refractivity contribution in [2.24, 2.45) is 16.7 Å². The molecule has 1 atom stereocenters. The number of hydrazone groups is 1. The molecule has 1 aliphatic carbocycles. The van der Waals surface area contributed by atoms with Crippen LogP contribution in [0.2, 0.25) is 0 Å². The fourth-order valence-electron chi connectivity index (χ4n) is 4.60. The van der Waals surface area contributed by atoms with Gasteiger partial charge in [-0.25, -0.2) is 24.5 Å². The van der Waals surface area contributed by atoms with Crippen molar-refractivity contribution in [2.75, 3.05) is 34.5 Å². The molecule has 2 aromatic rings. The third-order valence-corrected chi connectivity index (χ3v) is 6.86. The van der Waals surface area contributed by atoms with Crippen molar-refractivity contribution < 1.29 is 36.2 Å². The van der Waals surface area contributed by atoms with Crippen LogP contribution in [0.4, 0.5) is 22.0 Å². The van der Waals surface area contributed by atoms with Gasteiger partial charge in [0.1, 0.15) is 18.6 Å². The summed E-state index contributed by atoms with van der Waals surface area (Å²) >= 11 is 0. The molecule has 0 bridgehead atoms. The van der Waals surface area contributed by atoms with E-state index < -0.39 is 30.6 Å². The summed E-state index contributed by atoms with van der Waals surface area (Å²) in [4.78, 5) is 13.2. The molecule has 0 radical (unpaired) electrons. The van der Waals surface area contributed by atoms with Crippen LogP contribution in [0, 0.1) is 0 Å². The summed E-state index contributed by atoms with van der Waals surface area (Å²) in [6, 6.07) is 8.25. The number of carbonyl (C=O) groups excluding carboxylic acids is 1. The second-order valence-corrected chi connectivity index (χ2v) is 10.3. The van der Waals surface area contributed by atoms with Crippen LogP contribution in [0.15, 0.2) is 76.9 Å². The molecule has 0 aliphatic heterocycles. The van der Waals surface area contributed by atoms with Crippen LogP contribution in [0.5, 0.6) is 5.75 Å². The maximum Gasteiger partial charge on any atom is 0.416 e. The van der Waals surface area contributed by atoms with Crippen LogP contribution < -0.4 is 16.3 Å². The van der Waals surface area contributed by atoms with Crippen LogP contribution in [0.25, 0.3) is 11.6 Å². The number of hydrogen-bond donors (Lipinski definition) is 2. The van der Waals surface area contributed by atoms with Crippen LogP contribution in [-0.4, -0.2) is 56.4 Å². The Kier molecular flexibility index (Phi) is 11.9. The van der Waals surface area contributed by atoms with E-state index in [1.807, 2.05) is 0 Å². The van der Waals surface area contributed by atoms with Gasteiger partial charge in [0, 0.05) is 31.8 Å². The number of allylic oxidation sites excluding steroid dienone is 4. The van der Waals surface area contributed by atoms with Gasteiger partial charge in [-0.05, 0) is 77.1 Å². The van der Waals surface area contributed by atoms with Crippen LogP contribution in [-0.2, 0) is 22.3 Å². The third kappa shape index (κ3) is 9.67. The minimum Gasteiger partial charge on any atom is -0.496 e. The number of rotatable bonds is 11. The Labute approximate surface area is 258 Å². The fourth-order valence-corrected chi connectivity index (χ4v) is 4.60.